The molecule has 1 heterocycles. The van der Waals surface area contributed by atoms with Crippen molar-refractivity contribution in [2.45, 2.75) is 51.4 Å². The third-order valence-electron chi connectivity index (χ3n) is 6.00. The van der Waals surface area contributed by atoms with Crippen molar-refractivity contribution in [2.24, 2.45) is 17.8 Å². The lowest BCUT2D eigenvalue weighted by atomic mass is 9.81. The Kier molecular flexibility index (Phi) is 8.05. The second-order valence-corrected chi connectivity index (χ2v) is 10.1. The normalized spacial score (nSPS) is 21.3. The molecule has 0 radical (unpaired) electrons. The zero-order valence-corrected chi connectivity index (χ0v) is 17.2. The summed E-state index contributed by atoms with van der Waals surface area (Å²) in [6, 6.07) is 0. The van der Waals surface area contributed by atoms with E-state index in [-0.39, 0.29) is 12.5 Å². The molecule has 1 aliphatic carbocycles. The van der Waals surface area contributed by atoms with E-state index in [4.69, 9.17) is 0 Å². The zero-order valence-electron chi connectivity index (χ0n) is 16.4. The van der Waals surface area contributed by atoms with Crippen molar-refractivity contribution in [1.29, 1.82) is 0 Å². The number of hydroxylamine groups is 1. The van der Waals surface area contributed by atoms with Gasteiger partial charge in [0.2, 0.25) is 21.8 Å². The average molecular weight is 404 g/mol. The fourth-order valence-corrected chi connectivity index (χ4v) is 4.71. The van der Waals surface area contributed by atoms with Gasteiger partial charge < -0.3 is 4.90 Å². The van der Waals surface area contributed by atoms with E-state index in [0.717, 1.165) is 55.5 Å². The molecule has 2 atom stereocenters. The molecule has 2 aliphatic rings. The maximum absolute atomic E-state index is 13.3. The molecule has 1 saturated heterocycles. The van der Waals surface area contributed by atoms with Crippen molar-refractivity contribution in [3.05, 3.63) is 0 Å². The lowest BCUT2D eigenvalue weighted by Gasteiger charge is -2.35. The van der Waals surface area contributed by atoms with Crippen LogP contribution in [0.2, 0.25) is 0 Å². The molecule has 1 aliphatic heterocycles. The summed E-state index contributed by atoms with van der Waals surface area (Å²) in [6.45, 7) is 1.23. The molecule has 2 rings (SSSR count). The molecule has 0 spiro atoms. The van der Waals surface area contributed by atoms with Crippen molar-refractivity contribution in [3.63, 3.8) is 0 Å². The number of carbonyl (C=O) groups is 2. The van der Waals surface area contributed by atoms with E-state index in [1.54, 1.807) is 10.4 Å². The van der Waals surface area contributed by atoms with Crippen LogP contribution in [0.15, 0.2) is 0 Å². The van der Waals surface area contributed by atoms with Crippen molar-refractivity contribution < 1.29 is 23.2 Å². The number of sulfonamides is 1. The van der Waals surface area contributed by atoms with E-state index in [2.05, 4.69) is 0 Å². The molecule has 0 unspecified atom stereocenters. The Morgan fingerprint density at radius 3 is 2.22 bits per heavy atom. The van der Waals surface area contributed by atoms with E-state index < -0.39 is 27.8 Å². The Labute approximate surface area is 162 Å². The Hall–Kier alpha value is -1.19. The Balaban J connectivity index is 2.26. The van der Waals surface area contributed by atoms with Gasteiger partial charge in [0, 0.05) is 26.7 Å². The molecule has 0 bridgehead atoms. The smallest absolute Gasteiger partial charge is 0.248 e. The van der Waals surface area contributed by atoms with Gasteiger partial charge in [-0.05, 0) is 31.6 Å². The van der Waals surface area contributed by atoms with Crippen LogP contribution in [0.4, 0.5) is 0 Å². The highest BCUT2D eigenvalue weighted by atomic mass is 32.2. The summed E-state index contributed by atoms with van der Waals surface area (Å²) in [6.07, 6.45) is 8.91. The van der Waals surface area contributed by atoms with Gasteiger partial charge in [0.25, 0.3) is 0 Å². The average Bonchev–Trinajstić information content (AvgIpc) is 3.16. The minimum Gasteiger partial charge on any atom is -0.342 e. The molecule has 1 saturated carbocycles. The van der Waals surface area contributed by atoms with E-state index in [1.807, 2.05) is 0 Å². The van der Waals surface area contributed by atoms with Crippen LogP contribution >= 0.6 is 0 Å². The van der Waals surface area contributed by atoms with Crippen LogP contribution in [0, 0.1) is 17.8 Å². The number of nitrogens with zero attached hydrogens (tertiary/aromatic N) is 2. The van der Waals surface area contributed by atoms with Gasteiger partial charge >= 0.3 is 0 Å². The van der Waals surface area contributed by atoms with Gasteiger partial charge in [-0.3, -0.25) is 14.8 Å². The van der Waals surface area contributed by atoms with E-state index in [0.29, 0.717) is 25.4 Å². The standard InChI is InChI=1S/C18H33N3O5S/c1-20(27(2,25)26)13-16(17(22)19-24)15(12-14-8-4-5-9-14)18(23)21-10-6-3-7-11-21/h14-16,24H,3-13H2,1-2H3,(H,19,22)/t15-,16+/m1/s1. The number of hydrogen-bond acceptors (Lipinski definition) is 5. The quantitative estimate of drug-likeness (QED) is 0.468. The first kappa shape index (κ1) is 22.1. The predicted molar refractivity (Wildman–Crippen MR) is 101 cm³/mol. The third-order valence-corrected chi connectivity index (χ3v) is 7.28. The fourth-order valence-electron chi connectivity index (χ4n) is 4.28. The monoisotopic (exact) mass is 403 g/mol. The molecule has 8 nitrogen and oxygen atoms in total. The first-order valence-corrected chi connectivity index (χ1v) is 11.7. The van der Waals surface area contributed by atoms with E-state index in [1.165, 1.54) is 7.05 Å². The first-order chi connectivity index (χ1) is 12.7. The number of hydrogen-bond donors (Lipinski definition) is 2. The topological polar surface area (TPSA) is 107 Å². The molecular formula is C18H33N3O5S. The number of rotatable bonds is 8. The van der Waals surface area contributed by atoms with E-state index >= 15 is 0 Å². The molecule has 0 aromatic carbocycles. The highest BCUT2D eigenvalue weighted by Crippen LogP contribution is 2.34. The number of carbonyl (C=O) groups excluding carboxylic acids is 2. The summed E-state index contributed by atoms with van der Waals surface area (Å²) < 4.78 is 24.8. The van der Waals surface area contributed by atoms with Crippen LogP contribution in [0.5, 0.6) is 0 Å². The summed E-state index contributed by atoms with van der Waals surface area (Å²) in [5.41, 5.74) is 1.65. The summed E-state index contributed by atoms with van der Waals surface area (Å²) in [7, 11) is -2.11. The summed E-state index contributed by atoms with van der Waals surface area (Å²) >= 11 is 0. The third kappa shape index (κ3) is 6.15. The lowest BCUT2D eigenvalue weighted by Crippen LogP contribution is -2.49. The summed E-state index contributed by atoms with van der Waals surface area (Å²) in [5.74, 6) is -1.95. The predicted octanol–water partition coefficient (Wildman–Crippen LogP) is 1.21. The first-order valence-electron chi connectivity index (χ1n) is 9.88. The van der Waals surface area contributed by atoms with Gasteiger partial charge in [-0.15, -0.1) is 0 Å². The fraction of sp³-hybridized carbons (Fsp3) is 0.889. The van der Waals surface area contributed by atoms with Crippen LogP contribution in [-0.4, -0.2) is 67.6 Å². The zero-order chi connectivity index (χ0) is 20.0. The molecule has 0 aromatic heterocycles. The number of nitrogens with one attached hydrogen (secondary N) is 1. The summed E-state index contributed by atoms with van der Waals surface area (Å²) in [4.78, 5) is 27.5. The highest BCUT2D eigenvalue weighted by molar-refractivity contribution is 7.88. The van der Waals surface area contributed by atoms with Gasteiger partial charge in [-0.25, -0.2) is 18.2 Å². The van der Waals surface area contributed by atoms with E-state index in [9.17, 15) is 23.2 Å². The number of piperidine rings is 1. The highest BCUT2D eigenvalue weighted by Gasteiger charge is 2.39. The second kappa shape index (κ2) is 9.84. The van der Waals surface area contributed by atoms with Gasteiger partial charge in [0.15, 0.2) is 0 Å². The van der Waals surface area contributed by atoms with Crippen molar-refractivity contribution in [1.82, 2.24) is 14.7 Å². The largest absolute Gasteiger partial charge is 0.342 e. The van der Waals surface area contributed by atoms with Gasteiger partial charge in [-0.1, -0.05) is 25.7 Å². The Morgan fingerprint density at radius 2 is 1.70 bits per heavy atom. The number of amides is 2. The van der Waals surface area contributed by atoms with Crippen molar-refractivity contribution in [3.8, 4) is 0 Å². The maximum Gasteiger partial charge on any atom is 0.248 e. The van der Waals surface area contributed by atoms with Crippen LogP contribution in [0.3, 0.4) is 0 Å². The van der Waals surface area contributed by atoms with Crippen LogP contribution in [0.1, 0.15) is 51.4 Å². The molecule has 2 amide bonds. The molecule has 156 valence electrons. The molecule has 9 heteroatoms. The minimum absolute atomic E-state index is 0.0860. The molecule has 2 fully saturated rings. The van der Waals surface area contributed by atoms with Crippen molar-refractivity contribution in [2.75, 3.05) is 32.9 Å². The maximum atomic E-state index is 13.3. The lowest BCUT2D eigenvalue weighted by molar-refractivity contribution is -0.146. The Bertz CT molecular complexity index is 612. The van der Waals surface area contributed by atoms with Gasteiger partial charge in [0.05, 0.1) is 18.1 Å². The molecule has 0 aromatic rings. The van der Waals surface area contributed by atoms with Gasteiger partial charge in [-0.2, -0.15) is 0 Å². The molecule has 27 heavy (non-hydrogen) atoms. The minimum atomic E-state index is -3.50. The second-order valence-electron chi connectivity index (χ2n) is 8.00. The Morgan fingerprint density at radius 1 is 1.11 bits per heavy atom. The number of likely N-dealkylation sites (tertiary alicyclic amines) is 1. The summed E-state index contributed by atoms with van der Waals surface area (Å²) in [5, 5.41) is 9.23. The molecule has 2 N–H and O–H groups in total. The van der Waals surface area contributed by atoms with Crippen molar-refractivity contribution >= 4 is 21.8 Å². The SMILES string of the molecule is CN(C[C@H](C(=O)NO)[C@@H](CC1CCCC1)C(=O)N1CCCCC1)S(C)(=O)=O. The van der Waals surface area contributed by atoms with Crippen LogP contribution < -0.4 is 5.48 Å². The van der Waals surface area contributed by atoms with Crippen LogP contribution in [0.25, 0.3) is 0 Å². The molecular weight excluding hydrogens is 370 g/mol. The van der Waals surface area contributed by atoms with Gasteiger partial charge in [0.1, 0.15) is 0 Å². The van der Waals surface area contributed by atoms with Crippen LogP contribution in [-0.2, 0) is 19.6 Å².